The SMILES string of the molecule is Cc1cc([N+](=O)[O-])nn1Cc1cccc(C(=O)N/N=C/c2cc3c(cc2Br)OCO3)c1. The summed E-state index contributed by atoms with van der Waals surface area (Å²) < 4.78 is 12.9. The average molecular weight is 486 g/mol. The molecule has 0 radical (unpaired) electrons. The number of carbonyl (C=O) groups excluding carboxylic acids is 1. The highest BCUT2D eigenvalue weighted by atomic mass is 79.9. The summed E-state index contributed by atoms with van der Waals surface area (Å²) in [5, 5.41) is 18.9. The number of ether oxygens (including phenoxy) is 2. The molecule has 1 aliphatic rings. The van der Waals surface area contributed by atoms with E-state index >= 15 is 0 Å². The van der Waals surface area contributed by atoms with Gasteiger partial charge in [0.1, 0.15) is 0 Å². The van der Waals surface area contributed by atoms with Crippen molar-refractivity contribution in [3.63, 3.8) is 0 Å². The van der Waals surface area contributed by atoms with Crippen LogP contribution in [0.3, 0.4) is 0 Å². The zero-order valence-electron chi connectivity index (χ0n) is 16.2. The number of carbonyl (C=O) groups is 1. The van der Waals surface area contributed by atoms with Crippen molar-refractivity contribution in [2.75, 3.05) is 6.79 Å². The molecule has 0 spiro atoms. The topological polar surface area (TPSA) is 121 Å². The highest BCUT2D eigenvalue weighted by molar-refractivity contribution is 9.10. The van der Waals surface area contributed by atoms with Crippen LogP contribution in [0.1, 0.15) is 27.2 Å². The summed E-state index contributed by atoms with van der Waals surface area (Å²) in [4.78, 5) is 22.8. The van der Waals surface area contributed by atoms with Crippen molar-refractivity contribution in [2.45, 2.75) is 13.5 Å². The molecule has 2 aromatic carbocycles. The first-order valence-corrected chi connectivity index (χ1v) is 9.90. The summed E-state index contributed by atoms with van der Waals surface area (Å²) in [6, 6.07) is 11.8. The Bertz CT molecular complexity index is 1210. The zero-order valence-corrected chi connectivity index (χ0v) is 17.8. The molecule has 0 fully saturated rings. The van der Waals surface area contributed by atoms with E-state index in [1.165, 1.54) is 17.0 Å². The van der Waals surface area contributed by atoms with Crippen LogP contribution in [0.15, 0.2) is 52.0 Å². The second-order valence-corrected chi connectivity index (χ2v) is 7.54. The largest absolute Gasteiger partial charge is 0.454 e. The molecule has 1 amide bonds. The molecule has 0 unspecified atom stereocenters. The Morgan fingerprint density at radius 1 is 1.32 bits per heavy atom. The monoisotopic (exact) mass is 485 g/mol. The first kappa shape index (κ1) is 20.5. The third-order valence-corrected chi connectivity index (χ3v) is 5.23. The van der Waals surface area contributed by atoms with Crippen LogP contribution < -0.4 is 14.9 Å². The standard InChI is InChI=1S/C20H16BrN5O5/c1-12-5-19(26(28)29)24-25(12)10-13-3-2-4-14(6-13)20(27)23-22-9-15-7-17-18(8-16(15)21)31-11-30-17/h2-9H,10-11H2,1H3,(H,23,27)/b22-9+. The van der Waals surface area contributed by atoms with Crippen LogP contribution in [0.25, 0.3) is 0 Å². The number of hydrogen-bond donors (Lipinski definition) is 1. The van der Waals surface area contributed by atoms with Gasteiger partial charge in [-0.25, -0.2) is 5.43 Å². The number of halogens is 1. The van der Waals surface area contributed by atoms with Crippen molar-refractivity contribution in [3.8, 4) is 11.5 Å². The van der Waals surface area contributed by atoms with E-state index in [0.717, 1.165) is 10.0 Å². The van der Waals surface area contributed by atoms with E-state index < -0.39 is 10.8 Å². The molecule has 11 heteroatoms. The van der Waals surface area contributed by atoms with Crippen LogP contribution in [0.2, 0.25) is 0 Å². The molecular weight excluding hydrogens is 470 g/mol. The van der Waals surface area contributed by atoms with E-state index in [0.29, 0.717) is 34.9 Å². The summed E-state index contributed by atoms with van der Waals surface area (Å²) in [6.45, 7) is 2.20. The van der Waals surface area contributed by atoms with Gasteiger partial charge < -0.3 is 19.6 Å². The van der Waals surface area contributed by atoms with Crippen molar-refractivity contribution >= 4 is 33.9 Å². The molecule has 0 atom stereocenters. The van der Waals surface area contributed by atoms with Gasteiger partial charge >= 0.3 is 5.82 Å². The molecule has 10 nitrogen and oxygen atoms in total. The van der Waals surface area contributed by atoms with Crippen molar-refractivity contribution < 1.29 is 19.2 Å². The van der Waals surface area contributed by atoms with Gasteiger partial charge in [-0.3, -0.25) is 4.79 Å². The Kier molecular flexibility index (Phi) is 5.67. The predicted octanol–water partition coefficient (Wildman–Crippen LogP) is 3.40. The van der Waals surface area contributed by atoms with Crippen LogP contribution in [-0.2, 0) is 6.54 Å². The van der Waals surface area contributed by atoms with Gasteiger partial charge in [-0.2, -0.15) is 9.78 Å². The molecule has 3 aromatic rings. The molecule has 0 bridgehead atoms. The number of benzene rings is 2. The van der Waals surface area contributed by atoms with Gasteiger partial charge in [0.15, 0.2) is 11.5 Å². The van der Waals surface area contributed by atoms with Crippen molar-refractivity contribution in [1.82, 2.24) is 15.2 Å². The van der Waals surface area contributed by atoms with Crippen molar-refractivity contribution in [3.05, 3.63) is 79.4 Å². The lowest BCUT2D eigenvalue weighted by atomic mass is 10.1. The van der Waals surface area contributed by atoms with Crippen LogP contribution in [-0.4, -0.2) is 33.6 Å². The number of rotatable bonds is 6. The molecule has 1 aliphatic heterocycles. The molecular formula is C20H16BrN5O5. The lowest BCUT2D eigenvalue weighted by Gasteiger charge is -2.05. The fourth-order valence-electron chi connectivity index (χ4n) is 2.98. The van der Waals surface area contributed by atoms with Gasteiger partial charge in [-0.05, 0) is 57.6 Å². The summed E-state index contributed by atoms with van der Waals surface area (Å²) >= 11 is 3.43. The number of fused-ring (bicyclic) bond motifs is 1. The summed E-state index contributed by atoms with van der Waals surface area (Å²) in [5.41, 5.74) is 5.04. The molecule has 0 saturated heterocycles. The van der Waals surface area contributed by atoms with Gasteiger partial charge in [-0.15, -0.1) is 0 Å². The van der Waals surface area contributed by atoms with Crippen LogP contribution in [0.4, 0.5) is 5.82 Å². The maximum absolute atomic E-state index is 12.5. The summed E-state index contributed by atoms with van der Waals surface area (Å²) in [6.07, 6.45) is 1.50. The smallest absolute Gasteiger partial charge is 0.390 e. The fraction of sp³-hybridized carbons (Fsp3) is 0.150. The summed E-state index contributed by atoms with van der Waals surface area (Å²) in [7, 11) is 0. The maximum Gasteiger partial charge on any atom is 0.390 e. The minimum Gasteiger partial charge on any atom is -0.454 e. The Balaban J connectivity index is 1.44. The zero-order chi connectivity index (χ0) is 22.0. The van der Waals surface area contributed by atoms with E-state index in [1.54, 1.807) is 37.3 Å². The lowest BCUT2D eigenvalue weighted by Crippen LogP contribution is -2.18. The Hall–Kier alpha value is -3.73. The third-order valence-electron chi connectivity index (χ3n) is 4.54. The van der Waals surface area contributed by atoms with Gasteiger partial charge in [0.05, 0.1) is 29.6 Å². The molecule has 4 rings (SSSR count). The van der Waals surface area contributed by atoms with Crippen molar-refractivity contribution in [1.29, 1.82) is 0 Å². The number of aromatic nitrogens is 2. The fourth-order valence-corrected chi connectivity index (χ4v) is 3.41. The number of nitrogens with zero attached hydrogens (tertiary/aromatic N) is 4. The minimum atomic E-state index is -0.538. The second-order valence-electron chi connectivity index (χ2n) is 6.69. The number of amides is 1. The second kappa shape index (κ2) is 8.56. The first-order chi connectivity index (χ1) is 14.9. The summed E-state index contributed by atoms with van der Waals surface area (Å²) in [5.74, 6) is 0.647. The van der Waals surface area contributed by atoms with E-state index in [-0.39, 0.29) is 12.6 Å². The maximum atomic E-state index is 12.5. The Labute approximate surface area is 184 Å². The molecule has 0 aliphatic carbocycles. The van der Waals surface area contributed by atoms with Crippen LogP contribution in [0, 0.1) is 17.0 Å². The normalized spacial score (nSPS) is 12.3. The number of hydrogen-bond acceptors (Lipinski definition) is 7. The number of nitrogens with one attached hydrogen (secondary N) is 1. The highest BCUT2D eigenvalue weighted by Crippen LogP contribution is 2.36. The van der Waals surface area contributed by atoms with Gasteiger partial charge in [0, 0.05) is 15.6 Å². The van der Waals surface area contributed by atoms with E-state index in [1.807, 2.05) is 6.07 Å². The minimum absolute atomic E-state index is 0.168. The molecule has 31 heavy (non-hydrogen) atoms. The van der Waals surface area contributed by atoms with E-state index in [9.17, 15) is 14.9 Å². The Morgan fingerprint density at radius 2 is 2.10 bits per heavy atom. The predicted molar refractivity (Wildman–Crippen MR) is 114 cm³/mol. The van der Waals surface area contributed by atoms with E-state index in [4.69, 9.17) is 9.47 Å². The number of nitro groups is 1. The third kappa shape index (κ3) is 4.56. The molecule has 1 N–H and O–H groups in total. The number of aryl methyl sites for hydroxylation is 1. The molecule has 1 aromatic heterocycles. The molecule has 158 valence electrons. The van der Waals surface area contributed by atoms with Gasteiger partial charge in [-0.1, -0.05) is 12.1 Å². The first-order valence-electron chi connectivity index (χ1n) is 9.11. The molecule has 2 heterocycles. The van der Waals surface area contributed by atoms with Crippen LogP contribution in [0.5, 0.6) is 11.5 Å². The lowest BCUT2D eigenvalue weighted by molar-refractivity contribution is -0.389. The van der Waals surface area contributed by atoms with Crippen LogP contribution >= 0.6 is 15.9 Å². The Morgan fingerprint density at radius 3 is 2.84 bits per heavy atom. The number of hydrazone groups is 1. The van der Waals surface area contributed by atoms with E-state index in [2.05, 4.69) is 31.6 Å². The molecule has 0 saturated carbocycles. The van der Waals surface area contributed by atoms with Crippen molar-refractivity contribution in [2.24, 2.45) is 5.10 Å². The van der Waals surface area contributed by atoms with Gasteiger partial charge in [0.25, 0.3) is 5.91 Å². The van der Waals surface area contributed by atoms with Gasteiger partial charge in [0.2, 0.25) is 6.79 Å². The average Bonchev–Trinajstić information content (AvgIpc) is 3.34. The highest BCUT2D eigenvalue weighted by Gasteiger charge is 2.17. The quantitative estimate of drug-likeness (QED) is 0.324.